The average molecular weight is 286 g/mol. The van der Waals surface area contributed by atoms with Crippen molar-refractivity contribution in [2.24, 2.45) is 0 Å². The summed E-state index contributed by atoms with van der Waals surface area (Å²) >= 11 is 0. The fourth-order valence-corrected chi connectivity index (χ4v) is 2.47. The predicted octanol–water partition coefficient (Wildman–Crippen LogP) is 2.23. The summed E-state index contributed by atoms with van der Waals surface area (Å²) < 4.78 is 11.7. The van der Waals surface area contributed by atoms with Crippen LogP contribution in [0.1, 0.15) is 41.5 Å². The van der Waals surface area contributed by atoms with Crippen LogP contribution in [0.4, 0.5) is 0 Å². The number of hydrogen-bond acceptors (Lipinski definition) is 4. The summed E-state index contributed by atoms with van der Waals surface area (Å²) in [6.45, 7) is 20.6. The molecule has 1 aliphatic heterocycles. The minimum absolute atomic E-state index is 0.175. The Hall–Kier alpha value is -0.160. The molecule has 0 aromatic heterocycles. The maximum absolute atomic E-state index is 5.83. The third kappa shape index (κ3) is 6.53. The molecular formula is C16H34N2O2. The Balaban J connectivity index is 2.51. The van der Waals surface area contributed by atoms with Gasteiger partial charge in [-0.05, 0) is 41.5 Å². The van der Waals surface area contributed by atoms with Crippen LogP contribution in [0, 0.1) is 0 Å². The molecule has 0 aromatic carbocycles. The van der Waals surface area contributed by atoms with E-state index < -0.39 is 0 Å². The molecule has 0 aliphatic carbocycles. The van der Waals surface area contributed by atoms with Crippen molar-refractivity contribution in [1.29, 1.82) is 0 Å². The lowest BCUT2D eigenvalue weighted by Crippen LogP contribution is -2.47. The van der Waals surface area contributed by atoms with Gasteiger partial charge in [0, 0.05) is 37.3 Å². The number of rotatable bonds is 0. The predicted molar refractivity (Wildman–Crippen MR) is 84.3 cm³/mol. The molecule has 0 saturated carbocycles. The van der Waals surface area contributed by atoms with Gasteiger partial charge in [0.2, 0.25) is 0 Å². The molecule has 0 bridgehead atoms. The molecule has 1 rings (SSSR count). The molecule has 0 aromatic rings. The first-order chi connectivity index (χ1) is 9.21. The lowest BCUT2D eigenvalue weighted by Gasteiger charge is -2.38. The van der Waals surface area contributed by atoms with E-state index in [1.165, 1.54) is 0 Å². The van der Waals surface area contributed by atoms with Crippen molar-refractivity contribution in [2.45, 2.75) is 52.6 Å². The van der Waals surface area contributed by atoms with Crippen molar-refractivity contribution >= 4 is 0 Å². The Morgan fingerprint density at radius 1 is 0.550 bits per heavy atom. The third-order valence-electron chi connectivity index (χ3n) is 3.92. The monoisotopic (exact) mass is 286 g/mol. The summed E-state index contributed by atoms with van der Waals surface area (Å²) in [6, 6.07) is 0. The summed E-state index contributed by atoms with van der Waals surface area (Å²) in [5.41, 5.74) is 0.350. The quantitative estimate of drug-likeness (QED) is 0.682. The number of nitrogens with zero attached hydrogens (tertiary/aromatic N) is 2. The Labute approximate surface area is 125 Å². The van der Waals surface area contributed by atoms with E-state index in [9.17, 15) is 0 Å². The van der Waals surface area contributed by atoms with Gasteiger partial charge < -0.3 is 9.47 Å². The van der Waals surface area contributed by atoms with E-state index in [1.54, 1.807) is 0 Å². The van der Waals surface area contributed by atoms with Crippen molar-refractivity contribution in [2.75, 3.05) is 52.6 Å². The molecule has 1 saturated heterocycles. The zero-order valence-corrected chi connectivity index (χ0v) is 14.4. The fourth-order valence-electron chi connectivity index (χ4n) is 2.47. The average Bonchev–Trinajstić information content (AvgIpc) is 2.26. The van der Waals surface area contributed by atoms with Crippen LogP contribution in [-0.2, 0) is 9.47 Å². The SMILES string of the molecule is CC(C)(C)N1CCOCCN(C(C)(C)C)CCOCC1. The van der Waals surface area contributed by atoms with Crippen LogP contribution in [0.25, 0.3) is 0 Å². The van der Waals surface area contributed by atoms with E-state index in [-0.39, 0.29) is 11.1 Å². The van der Waals surface area contributed by atoms with E-state index in [0.29, 0.717) is 0 Å². The van der Waals surface area contributed by atoms with Gasteiger partial charge >= 0.3 is 0 Å². The molecule has 20 heavy (non-hydrogen) atoms. The zero-order chi connectivity index (χ0) is 15.2. The van der Waals surface area contributed by atoms with Gasteiger partial charge in [-0.25, -0.2) is 0 Å². The van der Waals surface area contributed by atoms with Gasteiger partial charge in [0.05, 0.1) is 26.4 Å². The van der Waals surface area contributed by atoms with E-state index >= 15 is 0 Å². The van der Waals surface area contributed by atoms with Crippen molar-refractivity contribution in [3.63, 3.8) is 0 Å². The summed E-state index contributed by atoms with van der Waals surface area (Å²) in [7, 11) is 0. The molecule has 1 aliphatic rings. The Morgan fingerprint density at radius 2 is 0.800 bits per heavy atom. The highest BCUT2D eigenvalue weighted by Crippen LogP contribution is 2.14. The topological polar surface area (TPSA) is 24.9 Å². The number of ether oxygens (including phenoxy) is 2. The van der Waals surface area contributed by atoms with Crippen molar-refractivity contribution in [1.82, 2.24) is 9.80 Å². The molecule has 0 spiro atoms. The summed E-state index contributed by atoms with van der Waals surface area (Å²) in [5.74, 6) is 0. The van der Waals surface area contributed by atoms with Crippen LogP contribution in [0.5, 0.6) is 0 Å². The molecule has 1 fully saturated rings. The molecule has 4 nitrogen and oxygen atoms in total. The first-order valence-corrected chi connectivity index (χ1v) is 7.87. The Kier molecular flexibility index (Phi) is 6.92. The van der Waals surface area contributed by atoms with Gasteiger partial charge in [0.15, 0.2) is 0 Å². The van der Waals surface area contributed by atoms with Gasteiger partial charge in [0.25, 0.3) is 0 Å². The summed E-state index contributed by atoms with van der Waals surface area (Å²) in [4.78, 5) is 4.88. The third-order valence-corrected chi connectivity index (χ3v) is 3.92. The van der Waals surface area contributed by atoms with Crippen molar-refractivity contribution in [3.8, 4) is 0 Å². The second-order valence-electron chi connectivity index (χ2n) is 7.54. The van der Waals surface area contributed by atoms with Gasteiger partial charge in [-0.3, -0.25) is 9.80 Å². The van der Waals surface area contributed by atoms with Crippen LogP contribution >= 0.6 is 0 Å². The lowest BCUT2D eigenvalue weighted by molar-refractivity contribution is -0.00389. The summed E-state index contributed by atoms with van der Waals surface area (Å²) in [5, 5.41) is 0. The molecule has 0 N–H and O–H groups in total. The fraction of sp³-hybridized carbons (Fsp3) is 1.00. The normalized spacial score (nSPS) is 23.1. The minimum atomic E-state index is 0.175. The van der Waals surface area contributed by atoms with Gasteiger partial charge in [-0.2, -0.15) is 0 Å². The highest BCUT2D eigenvalue weighted by molar-refractivity contribution is 4.78. The number of hydrogen-bond donors (Lipinski definition) is 0. The smallest absolute Gasteiger partial charge is 0.0594 e. The van der Waals surface area contributed by atoms with Crippen molar-refractivity contribution in [3.05, 3.63) is 0 Å². The Morgan fingerprint density at radius 3 is 1.00 bits per heavy atom. The molecule has 120 valence electrons. The van der Waals surface area contributed by atoms with E-state index in [4.69, 9.17) is 9.47 Å². The largest absolute Gasteiger partial charge is 0.379 e. The van der Waals surface area contributed by atoms with E-state index in [2.05, 4.69) is 51.3 Å². The van der Waals surface area contributed by atoms with Crippen LogP contribution in [0.3, 0.4) is 0 Å². The van der Waals surface area contributed by atoms with Crippen LogP contribution in [0.15, 0.2) is 0 Å². The first-order valence-electron chi connectivity index (χ1n) is 7.87. The zero-order valence-electron chi connectivity index (χ0n) is 14.4. The van der Waals surface area contributed by atoms with Crippen LogP contribution in [-0.4, -0.2) is 73.5 Å². The van der Waals surface area contributed by atoms with E-state index in [0.717, 1.165) is 52.6 Å². The molecule has 0 radical (unpaired) electrons. The Bertz CT molecular complexity index is 229. The second kappa shape index (κ2) is 7.74. The maximum Gasteiger partial charge on any atom is 0.0594 e. The molecular weight excluding hydrogens is 252 g/mol. The van der Waals surface area contributed by atoms with Gasteiger partial charge in [0.1, 0.15) is 0 Å². The maximum atomic E-state index is 5.83. The van der Waals surface area contributed by atoms with Crippen LogP contribution < -0.4 is 0 Å². The standard InChI is InChI=1S/C16H34N2O2/c1-15(2,3)17-7-11-19-13-9-18(16(4,5)6)10-14-20-12-8-17/h7-14H2,1-6H3. The highest BCUT2D eigenvalue weighted by Gasteiger charge is 2.23. The van der Waals surface area contributed by atoms with Gasteiger partial charge in [-0.15, -0.1) is 0 Å². The first kappa shape index (κ1) is 17.9. The van der Waals surface area contributed by atoms with Crippen LogP contribution in [0.2, 0.25) is 0 Å². The molecule has 4 heteroatoms. The molecule has 1 heterocycles. The van der Waals surface area contributed by atoms with E-state index in [1.807, 2.05) is 0 Å². The van der Waals surface area contributed by atoms with Crippen molar-refractivity contribution < 1.29 is 9.47 Å². The summed E-state index contributed by atoms with van der Waals surface area (Å²) in [6.07, 6.45) is 0. The highest BCUT2D eigenvalue weighted by atomic mass is 16.5. The molecule has 0 unspecified atom stereocenters. The minimum Gasteiger partial charge on any atom is -0.379 e. The molecule has 0 amide bonds. The van der Waals surface area contributed by atoms with Gasteiger partial charge in [-0.1, -0.05) is 0 Å². The lowest BCUT2D eigenvalue weighted by atomic mass is 10.1. The molecule has 0 atom stereocenters. The second-order valence-corrected chi connectivity index (χ2v) is 7.54.